The van der Waals surface area contributed by atoms with Crippen molar-refractivity contribution in [3.05, 3.63) is 70.8 Å². The predicted molar refractivity (Wildman–Crippen MR) is 127 cm³/mol. The van der Waals surface area contributed by atoms with Gasteiger partial charge in [-0.05, 0) is 30.5 Å². The van der Waals surface area contributed by atoms with E-state index in [1.54, 1.807) is 24.3 Å². The Kier molecular flexibility index (Phi) is 8.84. The first kappa shape index (κ1) is 27.1. The zero-order chi connectivity index (χ0) is 26.4. The van der Waals surface area contributed by atoms with E-state index in [4.69, 9.17) is 14.2 Å². The molecular formula is C27H30F2N2O6. The first-order chi connectivity index (χ1) is 17.8. The van der Waals surface area contributed by atoms with Crippen LogP contribution in [0.25, 0.3) is 0 Å². The molecule has 37 heavy (non-hydrogen) atoms. The molecule has 0 bridgehead atoms. The van der Waals surface area contributed by atoms with Gasteiger partial charge in [0.15, 0.2) is 17.2 Å². The molecule has 5 atom stereocenters. The van der Waals surface area contributed by atoms with Gasteiger partial charge in [0.2, 0.25) is 0 Å². The van der Waals surface area contributed by atoms with E-state index in [9.17, 15) is 29.1 Å². The Morgan fingerprint density at radius 1 is 1.14 bits per heavy atom. The number of aliphatic hydroxyl groups excluding tert-OH is 2. The summed E-state index contributed by atoms with van der Waals surface area (Å²) < 4.78 is 45.2. The minimum absolute atomic E-state index is 0.0652. The van der Waals surface area contributed by atoms with E-state index in [0.29, 0.717) is 17.7 Å². The van der Waals surface area contributed by atoms with Crippen LogP contribution in [0, 0.1) is 23.0 Å². The second-order valence-electron chi connectivity index (χ2n) is 9.43. The second-order valence-corrected chi connectivity index (χ2v) is 9.43. The minimum atomic E-state index is -1.62. The zero-order valence-electron chi connectivity index (χ0n) is 20.2. The first-order valence-corrected chi connectivity index (χ1v) is 12.3. The van der Waals surface area contributed by atoms with Gasteiger partial charge in [0.1, 0.15) is 6.10 Å². The Bertz CT molecular complexity index is 1140. The number of amides is 1. The predicted octanol–water partition coefficient (Wildman–Crippen LogP) is 2.49. The van der Waals surface area contributed by atoms with Gasteiger partial charge in [0.25, 0.3) is 5.91 Å². The van der Waals surface area contributed by atoms with Crippen molar-refractivity contribution in [1.29, 1.82) is 5.26 Å². The monoisotopic (exact) mass is 516 g/mol. The number of carbonyl (C=O) groups is 1. The molecule has 1 heterocycles. The molecule has 1 saturated carbocycles. The normalized spacial score (nSPS) is 27.5. The third-order valence-electron chi connectivity index (χ3n) is 6.90. The van der Waals surface area contributed by atoms with E-state index in [-0.39, 0.29) is 44.3 Å². The molecule has 8 nitrogen and oxygen atoms in total. The maximum Gasteiger partial charge on any atom is 0.252 e. The van der Waals surface area contributed by atoms with Crippen LogP contribution in [0.4, 0.5) is 8.78 Å². The fourth-order valence-electron chi connectivity index (χ4n) is 4.76. The van der Waals surface area contributed by atoms with Crippen molar-refractivity contribution in [2.24, 2.45) is 0 Å². The number of carbonyl (C=O) groups excluding carboxylic acids is 1. The van der Waals surface area contributed by atoms with Crippen molar-refractivity contribution < 1.29 is 38.0 Å². The number of nitrogens with one attached hydrogen (secondary N) is 1. The number of benzene rings is 2. The van der Waals surface area contributed by atoms with Crippen LogP contribution >= 0.6 is 0 Å². The summed E-state index contributed by atoms with van der Waals surface area (Å²) in [6, 6.07) is 12.5. The van der Waals surface area contributed by atoms with E-state index < -0.39 is 41.5 Å². The van der Waals surface area contributed by atoms with Gasteiger partial charge in [-0.1, -0.05) is 30.3 Å². The van der Waals surface area contributed by atoms with Gasteiger partial charge in [-0.2, -0.15) is 5.26 Å². The largest absolute Gasteiger partial charge is 0.390 e. The Morgan fingerprint density at radius 2 is 1.92 bits per heavy atom. The first-order valence-electron chi connectivity index (χ1n) is 12.3. The van der Waals surface area contributed by atoms with E-state index in [1.807, 2.05) is 0 Å². The number of nitriles is 1. The van der Waals surface area contributed by atoms with E-state index in [1.165, 1.54) is 12.1 Å². The lowest BCUT2D eigenvalue weighted by Crippen LogP contribution is -2.61. The molecule has 2 aromatic rings. The van der Waals surface area contributed by atoms with Crippen LogP contribution in [0.5, 0.6) is 0 Å². The standard InChI is InChI=1S/C27H30F2N2O6/c28-21-9-3-7-19(24(21)29)15-36-23-12-27(11-22(32)25(23)33,26(34)31-14-20-8-4-10-35-20)37-16-18-6-2-1-5-17(18)13-30/h1-3,5-7,9,20,22-23,25,32-33H,4,8,10-12,14-16H2,(H,31,34)/t20?,22-,23?,25-,27+/m1/s1. The van der Waals surface area contributed by atoms with Crippen LogP contribution in [-0.2, 0) is 32.2 Å². The molecule has 2 unspecified atom stereocenters. The summed E-state index contributed by atoms with van der Waals surface area (Å²) in [5.74, 6) is -2.63. The summed E-state index contributed by atoms with van der Waals surface area (Å²) in [5.41, 5.74) is -0.755. The fourth-order valence-corrected chi connectivity index (χ4v) is 4.76. The second kappa shape index (κ2) is 12.1. The molecular weight excluding hydrogens is 486 g/mol. The number of rotatable bonds is 9. The molecule has 1 amide bonds. The van der Waals surface area contributed by atoms with Crippen molar-refractivity contribution in [2.75, 3.05) is 13.2 Å². The molecule has 198 valence electrons. The quantitative estimate of drug-likeness (QED) is 0.468. The molecule has 4 rings (SSSR count). The topological polar surface area (TPSA) is 121 Å². The maximum absolute atomic E-state index is 14.1. The molecule has 2 fully saturated rings. The highest BCUT2D eigenvalue weighted by Gasteiger charge is 2.51. The van der Waals surface area contributed by atoms with Crippen LogP contribution in [0.15, 0.2) is 42.5 Å². The van der Waals surface area contributed by atoms with E-state index in [2.05, 4.69) is 11.4 Å². The molecule has 1 aliphatic heterocycles. The Labute approximate surface area is 213 Å². The average molecular weight is 517 g/mol. The van der Waals surface area contributed by atoms with E-state index in [0.717, 1.165) is 18.9 Å². The molecule has 1 aliphatic carbocycles. The molecule has 0 spiro atoms. The third kappa shape index (κ3) is 6.32. The fraction of sp³-hybridized carbons (Fsp3) is 0.481. The molecule has 0 radical (unpaired) electrons. The van der Waals surface area contributed by atoms with Crippen molar-refractivity contribution >= 4 is 5.91 Å². The third-order valence-corrected chi connectivity index (χ3v) is 6.90. The lowest BCUT2D eigenvalue weighted by Gasteiger charge is -2.44. The van der Waals surface area contributed by atoms with Gasteiger partial charge < -0.3 is 29.7 Å². The van der Waals surface area contributed by atoms with Gasteiger partial charge in [-0.25, -0.2) is 8.78 Å². The summed E-state index contributed by atoms with van der Waals surface area (Å²) in [6.07, 6.45) is -2.72. The number of ether oxygens (including phenoxy) is 3. The molecule has 10 heteroatoms. The molecule has 3 N–H and O–H groups in total. The Morgan fingerprint density at radius 3 is 2.68 bits per heavy atom. The lowest BCUT2D eigenvalue weighted by molar-refractivity contribution is -0.200. The van der Waals surface area contributed by atoms with Crippen LogP contribution in [0.2, 0.25) is 0 Å². The zero-order valence-corrected chi connectivity index (χ0v) is 20.2. The van der Waals surface area contributed by atoms with Crippen LogP contribution in [0.1, 0.15) is 42.4 Å². The van der Waals surface area contributed by atoms with Crippen molar-refractivity contribution in [1.82, 2.24) is 5.32 Å². The lowest BCUT2D eigenvalue weighted by atomic mass is 9.78. The highest BCUT2D eigenvalue weighted by atomic mass is 19.2. The number of hydrogen-bond acceptors (Lipinski definition) is 7. The van der Waals surface area contributed by atoms with Crippen LogP contribution in [-0.4, -0.2) is 59.3 Å². The van der Waals surface area contributed by atoms with Crippen LogP contribution < -0.4 is 5.32 Å². The van der Waals surface area contributed by atoms with Crippen LogP contribution in [0.3, 0.4) is 0 Å². The van der Waals surface area contributed by atoms with Gasteiger partial charge in [-0.3, -0.25) is 4.79 Å². The minimum Gasteiger partial charge on any atom is -0.390 e. The molecule has 0 aromatic heterocycles. The van der Waals surface area contributed by atoms with Crippen molar-refractivity contribution in [3.63, 3.8) is 0 Å². The maximum atomic E-state index is 14.1. The molecule has 2 aliphatic rings. The van der Waals surface area contributed by atoms with Gasteiger partial charge >= 0.3 is 0 Å². The van der Waals surface area contributed by atoms with Gasteiger partial charge in [0, 0.05) is 31.6 Å². The number of aliphatic hydroxyl groups is 2. The van der Waals surface area contributed by atoms with Gasteiger partial charge in [0.05, 0.1) is 43.2 Å². The number of halogens is 2. The summed E-state index contributed by atoms with van der Waals surface area (Å²) in [6.45, 7) is 0.371. The van der Waals surface area contributed by atoms with Crippen molar-refractivity contribution in [3.8, 4) is 6.07 Å². The highest BCUT2D eigenvalue weighted by molar-refractivity contribution is 5.85. The summed E-state index contributed by atoms with van der Waals surface area (Å²) in [4.78, 5) is 13.5. The summed E-state index contributed by atoms with van der Waals surface area (Å²) in [7, 11) is 0. The van der Waals surface area contributed by atoms with Crippen molar-refractivity contribution in [2.45, 2.75) is 68.9 Å². The average Bonchev–Trinajstić information content (AvgIpc) is 3.43. The number of hydrogen-bond donors (Lipinski definition) is 3. The highest BCUT2D eigenvalue weighted by Crippen LogP contribution is 2.36. The Balaban J connectivity index is 1.55. The summed E-state index contributed by atoms with van der Waals surface area (Å²) >= 11 is 0. The smallest absolute Gasteiger partial charge is 0.252 e. The summed E-state index contributed by atoms with van der Waals surface area (Å²) in [5, 5.41) is 33.6. The van der Waals surface area contributed by atoms with E-state index >= 15 is 0 Å². The Hall–Kier alpha value is -2.94. The molecule has 1 saturated heterocycles. The number of nitrogens with zero attached hydrogens (tertiary/aromatic N) is 1. The molecule has 2 aromatic carbocycles. The van der Waals surface area contributed by atoms with Gasteiger partial charge in [-0.15, -0.1) is 0 Å². The SMILES string of the molecule is N#Cc1ccccc1CO[C@]1(C(=O)NCC2CCCO2)CC(OCc2cccc(F)c2F)[C@H](O)[C@H](O)C1.